The van der Waals surface area contributed by atoms with E-state index in [1.165, 1.54) is 0 Å². The predicted molar refractivity (Wildman–Crippen MR) is 43.5 cm³/mol. The van der Waals surface area contributed by atoms with Gasteiger partial charge in [-0.25, -0.2) is 0 Å². The molecule has 0 bridgehead atoms. The van der Waals surface area contributed by atoms with E-state index in [2.05, 4.69) is 5.32 Å². The van der Waals surface area contributed by atoms with Crippen molar-refractivity contribution in [2.45, 2.75) is 31.9 Å². The van der Waals surface area contributed by atoms with Crippen LogP contribution < -0.4 is 5.32 Å². The minimum Gasteiger partial charge on any atom is -0.394 e. The monoisotopic (exact) mass is 159 g/mol. The van der Waals surface area contributed by atoms with E-state index >= 15 is 0 Å². The first-order chi connectivity index (χ1) is 5.20. The van der Waals surface area contributed by atoms with Crippen LogP contribution in [0.2, 0.25) is 0 Å². The molecule has 3 heteroatoms. The highest BCUT2D eigenvalue weighted by Gasteiger charge is 2.33. The zero-order valence-electron chi connectivity index (χ0n) is 7.26. The molecule has 3 nitrogen and oxygen atoms in total. The van der Waals surface area contributed by atoms with E-state index in [-0.39, 0.29) is 18.2 Å². The molecule has 0 aromatic heterocycles. The second kappa shape index (κ2) is 3.52. The zero-order chi connectivity index (χ0) is 8.32. The minimum absolute atomic E-state index is 0.111. The zero-order valence-corrected chi connectivity index (χ0v) is 7.26. The van der Waals surface area contributed by atoms with Crippen molar-refractivity contribution in [1.29, 1.82) is 0 Å². The van der Waals surface area contributed by atoms with Gasteiger partial charge in [-0.15, -0.1) is 0 Å². The van der Waals surface area contributed by atoms with Crippen LogP contribution in [0.25, 0.3) is 0 Å². The molecule has 1 rings (SSSR count). The number of aliphatic hydroxyl groups is 1. The molecule has 0 unspecified atom stereocenters. The van der Waals surface area contributed by atoms with E-state index in [9.17, 15) is 0 Å². The molecule has 0 aromatic carbocycles. The lowest BCUT2D eigenvalue weighted by Crippen LogP contribution is -2.39. The van der Waals surface area contributed by atoms with Gasteiger partial charge in [0.15, 0.2) is 0 Å². The summed E-state index contributed by atoms with van der Waals surface area (Å²) in [6.45, 7) is 5.83. The van der Waals surface area contributed by atoms with Crippen LogP contribution >= 0.6 is 0 Å². The van der Waals surface area contributed by atoms with Gasteiger partial charge < -0.3 is 15.2 Å². The third-order valence-electron chi connectivity index (χ3n) is 2.19. The first kappa shape index (κ1) is 8.97. The van der Waals surface area contributed by atoms with E-state index in [0.717, 1.165) is 19.6 Å². The van der Waals surface area contributed by atoms with Crippen molar-refractivity contribution in [1.82, 2.24) is 5.32 Å². The lowest BCUT2D eigenvalue weighted by atomic mass is 10.0. The molecule has 0 spiro atoms. The molecule has 1 saturated heterocycles. The van der Waals surface area contributed by atoms with Crippen molar-refractivity contribution in [3.8, 4) is 0 Å². The summed E-state index contributed by atoms with van der Waals surface area (Å²) in [4.78, 5) is 0. The third kappa shape index (κ3) is 2.15. The summed E-state index contributed by atoms with van der Waals surface area (Å²) in [5.41, 5.74) is -0.111. The van der Waals surface area contributed by atoms with Crippen molar-refractivity contribution in [3.05, 3.63) is 0 Å². The molecule has 0 radical (unpaired) electrons. The van der Waals surface area contributed by atoms with Gasteiger partial charge >= 0.3 is 0 Å². The van der Waals surface area contributed by atoms with Crippen LogP contribution in [0.4, 0.5) is 0 Å². The Morgan fingerprint density at radius 2 is 2.45 bits per heavy atom. The molecule has 0 saturated carbocycles. The molecular weight excluding hydrogens is 142 g/mol. The van der Waals surface area contributed by atoms with Crippen molar-refractivity contribution < 1.29 is 9.84 Å². The summed E-state index contributed by atoms with van der Waals surface area (Å²) in [5, 5.41) is 12.2. The quantitative estimate of drug-likeness (QED) is 0.615. The lowest BCUT2D eigenvalue weighted by Gasteiger charge is -2.20. The van der Waals surface area contributed by atoms with E-state index < -0.39 is 0 Å². The highest BCUT2D eigenvalue weighted by Crippen LogP contribution is 2.20. The Morgan fingerprint density at radius 3 is 2.91 bits per heavy atom. The van der Waals surface area contributed by atoms with Gasteiger partial charge in [0.25, 0.3) is 0 Å². The second-order valence-corrected chi connectivity index (χ2v) is 3.38. The molecule has 1 heterocycles. The smallest absolute Gasteiger partial charge is 0.0717 e. The molecule has 1 fully saturated rings. The fourth-order valence-electron chi connectivity index (χ4n) is 1.48. The first-order valence-corrected chi connectivity index (χ1v) is 4.17. The normalized spacial score (nSPS) is 37.9. The number of rotatable bonds is 3. The maximum absolute atomic E-state index is 8.99. The average Bonchev–Trinajstić information content (AvgIpc) is 2.35. The van der Waals surface area contributed by atoms with Crippen LogP contribution in [-0.2, 0) is 4.74 Å². The van der Waals surface area contributed by atoms with E-state index in [1.807, 2.05) is 13.8 Å². The van der Waals surface area contributed by atoms with Crippen LogP contribution in [-0.4, -0.2) is 36.5 Å². The molecular formula is C8H17NO2. The van der Waals surface area contributed by atoms with Crippen molar-refractivity contribution in [2.24, 2.45) is 0 Å². The molecule has 0 aliphatic carbocycles. The molecule has 2 N–H and O–H groups in total. The fourth-order valence-corrected chi connectivity index (χ4v) is 1.48. The molecule has 1 aliphatic rings. The summed E-state index contributed by atoms with van der Waals surface area (Å²) >= 11 is 0. The van der Waals surface area contributed by atoms with Crippen LogP contribution in [0, 0.1) is 0 Å². The third-order valence-corrected chi connectivity index (χ3v) is 2.19. The lowest BCUT2D eigenvalue weighted by molar-refractivity contribution is 0.0680. The summed E-state index contributed by atoms with van der Waals surface area (Å²) in [7, 11) is 0. The maximum Gasteiger partial charge on any atom is 0.0717 e. The Kier molecular flexibility index (Phi) is 2.87. The predicted octanol–water partition coefficient (Wildman–Crippen LogP) is 0.136. The molecule has 0 amide bonds. The van der Waals surface area contributed by atoms with Gasteiger partial charge in [0, 0.05) is 18.7 Å². The van der Waals surface area contributed by atoms with Crippen LogP contribution in [0.15, 0.2) is 0 Å². The van der Waals surface area contributed by atoms with Gasteiger partial charge in [0.1, 0.15) is 0 Å². The Hall–Kier alpha value is -0.120. The van der Waals surface area contributed by atoms with Crippen LogP contribution in [0.5, 0.6) is 0 Å². The largest absolute Gasteiger partial charge is 0.394 e. The van der Waals surface area contributed by atoms with Crippen molar-refractivity contribution in [2.75, 3.05) is 19.8 Å². The molecule has 2 atom stereocenters. The van der Waals surface area contributed by atoms with Gasteiger partial charge in [-0.05, 0) is 20.3 Å². The SMILES string of the molecule is CCO[C@H]1CN[C@](C)(CO)C1. The number of ether oxygens (including phenoxy) is 1. The van der Waals surface area contributed by atoms with Gasteiger partial charge in [0.05, 0.1) is 12.7 Å². The topological polar surface area (TPSA) is 41.5 Å². The standard InChI is InChI=1S/C8H17NO2/c1-3-11-7-4-8(2,6-10)9-5-7/h7,9-10H,3-6H2,1-2H3/t7-,8+/m1/s1. The van der Waals surface area contributed by atoms with E-state index in [0.29, 0.717) is 0 Å². The van der Waals surface area contributed by atoms with E-state index in [4.69, 9.17) is 9.84 Å². The van der Waals surface area contributed by atoms with E-state index in [1.54, 1.807) is 0 Å². The Morgan fingerprint density at radius 1 is 1.73 bits per heavy atom. The summed E-state index contributed by atoms with van der Waals surface area (Å²) in [6.07, 6.45) is 1.20. The number of hydrogen-bond donors (Lipinski definition) is 2. The molecule has 0 aromatic rings. The van der Waals surface area contributed by atoms with Gasteiger partial charge in [-0.2, -0.15) is 0 Å². The first-order valence-electron chi connectivity index (χ1n) is 4.17. The molecule has 1 aliphatic heterocycles. The van der Waals surface area contributed by atoms with Crippen LogP contribution in [0.1, 0.15) is 20.3 Å². The second-order valence-electron chi connectivity index (χ2n) is 3.38. The Bertz CT molecular complexity index is 129. The van der Waals surface area contributed by atoms with Crippen molar-refractivity contribution >= 4 is 0 Å². The average molecular weight is 159 g/mol. The minimum atomic E-state index is -0.111. The summed E-state index contributed by atoms with van der Waals surface area (Å²) < 4.78 is 5.43. The Balaban J connectivity index is 2.33. The number of hydrogen-bond acceptors (Lipinski definition) is 3. The summed E-state index contributed by atoms with van der Waals surface area (Å²) in [5.74, 6) is 0. The highest BCUT2D eigenvalue weighted by molar-refractivity contribution is 4.93. The van der Waals surface area contributed by atoms with Gasteiger partial charge in [-0.1, -0.05) is 0 Å². The fraction of sp³-hybridized carbons (Fsp3) is 1.00. The Labute approximate surface area is 67.7 Å². The van der Waals surface area contributed by atoms with Crippen LogP contribution in [0.3, 0.4) is 0 Å². The molecule has 66 valence electrons. The molecule has 11 heavy (non-hydrogen) atoms. The number of aliphatic hydroxyl groups excluding tert-OH is 1. The number of nitrogens with one attached hydrogen (secondary N) is 1. The maximum atomic E-state index is 8.99. The summed E-state index contributed by atoms with van der Waals surface area (Å²) in [6, 6.07) is 0. The van der Waals surface area contributed by atoms with Gasteiger partial charge in [-0.3, -0.25) is 0 Å². The van der Waals surface area contributed by atoms with Crippen molar-refractivity contribution in [3.63, 3.8) is 0 Å². The highest BCUT2D eigenvalue weighted by atomic mass is 16.5. The van der Waals surface area contributed by atoms with Gasteiger partial charge in [0.2, 0.25) is 0 Å².